The summed E-state index contributed by atoms with van der Waals surface area (Å²) in [5.74, 6) is -0.404. The predicted molar refractivity (Wildman–Crippen MR) is 58.5 cm³/mol. The first-order valence-electron chi connectivity index (χ1n) is 5.93. The van der Waals surface area contributed by atoms with Crippen molar-refractivity contribution in [2.24, 2.45) is 0 Å². The first-order valence-corrected chi connectivity index (χ1v) is 5.93. The zero-order valence-electron chi connectivity index (χ0n) is 10.2. The Balaban J connectivity index is 2.49. The smallest absolute Gasteiger partial charge is 0.331 e. The molecule has 17 heavy (non-hydrogen) atoms. The van der Waals surface area contributed by atoms with E-state index >= 15 is 0 Å². The lowest BCUT2D eigenvalue weighted by Crippen LogP contribution is -2.43. The average molecular weight is 252 g/mol. The highest BCUT2D eigenvalue weighted by Gasteiger charge is 2.40. The normalized spacial score (nSPS) is 17.9. The van der Waals surface area contributed by atoms with Crippen LogP contribution in [0, 0.1) is 0 Å². The Labute approximate surface area is 99.4 Å². The molecule has 1 unspecified atom stereocenters. The molecule has 0 aromatic carbocycles. The number of alkyl halides is 3. The molecule has 0 radical (unpaired) electrons. The van der Waals surface area contributed by atoms with Crippen molar-refractivity contribution in [2.45, 2.75) is 51.4 Å². The third-order valence-corrected chi connectivity index (χ3v) is 2.69. The number of hydrogen-bond donors (Lipinski definition) is 1. The highest BCUT2D eigenvalue weighted by molar-refractivity contribution is 5.77. The van der Waals surface area contributed by atoms with E-state index in [1.54, 1.807) is 6.92 Å². The molecule has 0 heterocycles. The fourth-order valence-corrected chi connectivity index (χ4v) is 1.80. The van der Waals surface area contributed by atoms with E-state index in [0.29, 0.717) is 19.4 Å². The summed E-state index contributed by atoms with van der Waals surface area (Å²) < 4.78 is 37.0. The lowest BCUT2D eigenvalue weighted by Gasteiger charge is -2.25. The van der Waals surface area contributed by atoms with Crippen LogP contribution in [0.1, 0.15) is 33.1 Å². The Bertz CT molecular complexity index is 264. The summed E-state index contributed by atoms with van der Waals surface area (Å²) in [6.07, 6.45) is -2.80. The molecular formula is C11H19F3N2O. The van der Waals surface area contributed by atoms with Gasteiger partial charge in [0.2, 0.25) is 5.91 Å². The Morgan fingerprint density at radius 1 is 1.47 bits per heavy atom. The molecule has 0 bridgehead atoms. The van der Waals surface area contributed by atoms with Crippen molar-refractivity contribution in [1.29, 1.82) is 0 Å². The zero-order valence-corrected chi connectivity index (χ0v) is 10.2. The van der Waals surface area contributed by atoms with Gasteiger partial charge in [0.1, 0.15) is 6.54 Å². The maximum Gasteiger partial charge on any atom is 0.406 e. The van der Waals surface area contributed by atoms with Gasteiger partial charge in [-0.2, -0.15) is 13.2 Å². The van der Waals surface area contributed by atoms with Gasteiger partial charge in [0, 0.05) is 18.5 Å². The van der Waals surface area contributed by atoms with Gasteiger partial charge in [-0.3, -0.25) is 4.79 Å². The van der Waals surface area contributed by atoms with Gasteiger partial charge in [-0.25, -0.2) is 0 Å². The van der Waals surface area contributed by atoms with Crippen molar-refractivity contribution in [1.82, 2.24) is 10.2 Å². The SMILES string of the molecule is CCNC(C)CC(=O)N(CC(F)(F)F)C1CC1. The number of amides is 1. The Morgan fingerprint density at radius 3 is 2.47 bits per heavy atom. The number of halogens is 3. The van der Waals surface area contributed by atoms with E-state index in [4.69, 9.17) is 0 Å². The van der Waals surface area contributed by atoms with Gasteiger partial charge in [0.25, 0.3) is 0 Å². The van der Waals surface area contributed by atoms with E-state index in [-0.39, 0.29) is 18.5 Å². The fraction of sp³-hybridized carbons (Fsp3) is 0.909. The zero-order chi connectivity index (χ0) is 13.1. The van der Waals surface area contributed by atoms with E-state index in [1.165, 1.54) is 0 Å². The largest absolute Gasteiger partial charge is 0.406 e. The van der Waals surface area contributed by atoms with Crippen molar-refractivity contribution in [3.63, 3.8) is 0 Å². The number of nitrogens with zero attached hydrogens (tertiary/aromatic N) is 1. The molecule has 100 valence electrons. The second kappa shape index (κ2) is 5.71. The van der Waals surface area contributed by atoms with Crippen LogP contribution in [0.3, 0.4) is 0 Å². The first-order chi connectivity index (χ1) is 7.83. The van der Waals surface area contributed by atoms with Crippen LogP contribution in [0.2, 0.25) is 0 Å². The van der Waals surface area contributed by atoms with Crippen LogP contribution < -0.4 is 5.32 Å². The number of rotatable bonds is 6. The summed E-state index contributed by atoms with van der Waals surface area (Å²) in [6.45, 7) is 3.29. The molecule has 0 aromatic heterocycles. The van der Waals surface area contributed by atoms with Crippen LogP contribution in [0.4, 0.5) is 13.2 Å². The minimum atomic E-state index is -4.31. The summed E-state index contributed by atoms with van der Waals surface area (Å²) in [5, 5.41) is 3.02. The summed E-state index contributed by atoms with van der Waals surface area (Å²) in [4.78, 5) is 12.8. The van der Waals surface area contributed by atoms with Gasteiger partial charge in [0.15, 0.2) is 0 Å². The van der Waals surface area contributed by atoms with Crippen LogP contribution in [-0.2, 0) is 4.79 Å². The van der Waals surface area contributed by atoms with E-state index < -0.39 is 18.6 Å². The quantitative estimate of drug-likeness (QED) is 0.783. The molecule has 1 N–H and O–H groups in total. The second-order valence-electron chi connectivity index (χ2n) is 4.53. The molecule has 0 aliphatic heterocycles. The topological polar surface area (TPSA) is 32.3 Å². The van der Waals surface area contributed by atoms with Gasteiger partial charge in [-0.15, -0.1) is 0 Å². The molecule has 1 aliphatic carbocycles. The standard InChI is InChI=1S/C11H19F3N2O/c1-3-15-8(2)6-10(17)16(9-4-5-9)7-11(12,13)14/h8-9,15H,3-7H2,1-2H3. The Kier molecular flexibility index (Phi) is 4.80. The van der Waals surface area contributed by atoms with Crippen molar-refractivity contribution in [2.75, 3.05) is 13.1 Å². The third kappa shape index (κ3) is 5.39. The molecule has 3 nitrogen and oxygen atoms in total. The van der Waals surface area contributed by atoms with E-state index in [1.807, 2.05) is 6.92 Å². The van der Waals surface area contributed by atoms with Gasteiger partial charge < -0.3 is 10.2 Å². The summed E-state index contributed by atoms with van der Waals surface area (Å²) in [7, 11) is 0. The minimum Gasteiger partial charge on any atom is -0.331 e. The number of carbonyl (C=O) groups is 1. The lowest BCUT2D eigenvalue weighted by atomic mass is 10.2. The van der Waals surface area contributed by atoms with Crippen molar-refractivity contribution in [3.05, 3.63) is 0 Å². The highest BCUT2D eigenvalue weighted by Crippen LogP contribution is 2.30. The molecule has 0 saturated heterocycles. The molecule has 1 aliphatic rings. The monoisotopic (exact) mass is 252 g/mol. The fourth-order valence-electron chi connectivity index (χ4n) is 1.80. The molecule has 0 aromatic rings. The maximum absolute atomic E-state index is 12.3. The molecule has 1 rings (SSSR count). The molecule has 1 saturated carbocycles. The molecule has 6 heteroatoms. The van der Waals surface area contributed by atoms with Gasteiger partial charge >= 0.3 is 6.18 Å². The number of nitrogens with one attached hydrogen (secondary N) is 1. The number of carbonyl (C=O) groups excluding carboxylic acids is 1. The molecular weight excluding hydrogens is 233 g/mol. The van der Waals surface area contributed by atoms with Crippen LogP contribution in [0.15, 0.2) is 0 Å². The van der Waals surface area contributed by atoms with Gasteiger partial charge in [0.05, 0.1) is 0 Å². The molecule has 1 fully saturated rings. The molecule has 1 atom stereocenters. The molecule has 0 spiro atoms. The molecule has 1 amide bonds. The van der Waals surface area contributed by atoms with Crippen LogP contribution in [0.25, 0.3) is 0 Å². The van der Waals surface area contributed by atoms with Gasteiger partial charge in [-0.1, -0.05) is 6.92 Å². The summed E-state index contributed by atoms with van der Waals surface area (Å²) in [5.41, 5.74) is 0. The van der Waals surface area contributed by atoms with Crippen LogP contribution in [0.5, 0.6) is 0 Å². The third-order valence-electron chi connectivity index (χ3n) is 2.69. The van der Waals surface area contributed by atoms with E-state index in [2.05, 4.69) is 5.32 Å². The first kappa shape index (κ1) is 14.3. The van der Waals surface area contributed by atoms with Crippen LogP contribution >= 0.6 is 0 Å². The Hall–Kier alpha value is -0.780. The van der Waals surface area contributed by atoms with Crippen molar-refractivity contribution < 1.29 is 18.0 Å². The summed E-state index contributed by atoms with van der Waals surface area (Å²) in [6, 6.07) is -0.278. The minimum absolute atomic E-state index is 0.0815. The van der Waals surface area contributed by atoms with E-state index in [0.717, 1.165) is 4.90 Å². The average Bonchev–Trinajstić information content (AvgIpc) is 2.95. The Morgan fingerprint density at radius 2 is 2.06 bits per heavy atom. The predicted octanol–water partition coefficient (Wildman–Crippen LogP) is 1.93. The number of hydrogen-bond acceptors (Lipinski definition) is 2. The van der Waals surface area contributed by atoms with Crippen molar-refractivity contribution >= 4 is 5.91 Å². The second-order valence-corrected chi connectivity index (χ2v) is 4.53. The van der Waals surface area contributed by atoms with Crippen LogP contribution in [-0.4, -0.2) is 42.2 Å². The van der Waals surface area contributed by atoms with Crippen molar-refractivity contribution in [3.8, 4) is 0 Å². The van der Waals surface area contributed by atoms with E-state index in [9.17, 15) is 18.0 Å². The highest BCUT2D eigenvalue weighted by atomic mass is 19.4. The maximum atomic E-state index is 12.3. The lowest BCUT2D eigenvalue weighted by molar-refractivity contribution is -0.162. The van der Waals surface area contributed by atoms with Gasteiger partial charge in [-0.05, 0) is 26.3 Å². The summed E-state index contributed by atoms with van der Waals surface area (Å²) >= 11 is 0.